The number of hydrogen-bond acceptors (Lipinski definition) is 2. The van der Waals surface area contributed by atoms with Crippen molar-refractivity contribution in [2.75, 3.05) is 0 Å². The fraction of sp³-hybridized carbons (Fsp3) is 0.429. The van der Waals surface area contributed by atoms with Crippen LogP contribution in [0.5, 0.6) is 0 Å². The van der Waals surface area contributed by atoms with Crippen molar-refractivity contribution in [1.82, 2.24) is 10.6 Å². The Labute approximate surface area is 112 Å². The summed E-state index contributed by atoms with van der Waals surface area (Å²) in [7, 11) is 0. The van der Waals surface area contributed by atoms with Crippen LogP contribution in [0.2, 0.25) is 0 Å². The number of carbonyl (C=O) groups excluding carboxylic acids is 1. The molecular formula is C14H18N2O3. The van der Waals surface area contributed by atoms with Gasteiger partial charge in [-0.2, -0.15) is 0 Å². The highest BCUT2D eigenvalue weighted by atomic mass is 16.4. The molecule has 3 N–H and O–H groups in total. The lowest BCUT2D eigenvalue weighted by molar-refractivity contribution is -0.139. The van der Waals surface area contributed by atoms with Gasteiger partial charge in [-0.15, -0.1) is 0 Å². The maximum absolute atomic E-state index is 11.8. The summed E-state index contributed by atoms with van der Waals surface area (Å²) in [5, 5.41) is 14.5. The molecule has 1 fully saturated rings. The summed E-state index contributed by atoms with van der Waals surface area (Å²) in [6.07, 6.45) is 2.01. The van der Waals surface area contributed by atoms with Crippen LogP contribution < -0.4 is 10.6 Å². The Morgan fingerprint density at radius 2 is 2.05 bits per heavy atom. The first-order chi connectivity index (χ1) is 9.11. The molecule has 5 nitrogen and oxygen atoms in total. The van der Waals surface area contributed by atoms with E-state index in [1.54, 1.807) is 30.3 Å². The van der Waals surface area contributed by atoms with Crippen molar-refractivity contribution in [2.24, 2.45) is 5.92 Å². The van der Waals surface area contributed by atoms with Gasteiger partial charge in [-0.05, 0) is 17.9 Å². The van der Waals surface area contributed by atoms with Gasteiger partial charge in [-0.25, -0.2) is 9.59 Å². The van der Waals surface area contributed by atoms with Crippen molar-refractivity contribution in [1.29, 1.82) is 0 Å². The van der Waals surface area contributed by atoms with Crippen molar-refractivity contribution in [3.8, 4) is 0 Å². The lowest BCUT2D eigenvalue weighted by atomic mass is 10.1. The van der Waals surface area contributed by atoms with E-state index in [0.717, 1.165) is 12.8 Å². The van der Waals surface area contributed by atoms with Crippen LogP contribution in [0, 0.1) is 5.92 Å². The number of urea groups is 1. The van der Waals surface area contributed by atoms with Gasteiger partial charge in [-0.1, -0.05) is 43.7 Å². The molecule has 2 rings (SSSR count). The summed E-state index contributed by atoms with van der Waals surface area (Å²) in [6, 6.07) is 7.43. The molecular weight excluding hydrogens is 244 g/mol. The molecule has 1 aromatic rings. The lowest BCUT2D eigenvalue weighted by Gasteiger charge is -2.15. The van der Waals surface area contributed by atoms with E-state index < -0.39 is 18.0 Å². The molecule has 0 spiro atoms. The van der Waals surface area contributed by atoms with E-state index in [1.807, 2.05) is 0 Å². The standard InChI is InChI=1S/C14H18N2O3/c1-2-9-8-11(9)15-14(19)16-12(13(17)18)10-6-4-3-5-7-10/h3-7,9,11-12H,2,8H2,1H3,(H,17,18)(H2,15,16,19). The van der Waals surface area contributed by atoms with Gasteiger partial charge in [0.1, 0.15) is 0 Å². The molecule has 1 aromatic carbocycles. The zero-order valence-electron chi connectivity index (χ0n) is 10.8. The van der Waals surface area contributed by atoms with Crippen molar-refractivity contribution < 1.29 is 14.7 Å². The number of carboxylic acids is 1. The second-order valence-corrected chi connectivity index (χ2v) is 4.81. The Bertz CT molecular complexity index is 461. The summed E-state index contributed by atoms with van der Waals surface area (Å²) < 4.78 is 0. The Hall–Kier alpha value is -2.04. The van der Waals surface area contributed by atoms with Crippen LogP contribution in [-0.4, -0.2) is 23.1 Å². The number of aliphatic carboxylic acids is 1. The summed E-state index contributed by atoms with van der Waals surface area (Å²) in [5.74, 6) is -0.532. The zero-order valence-corrected chi connectivity index (χ0v) is 10.8. The molecule has 102 valence electrons. The monoisotopic (exact) mass is 262 g/mol. The molecule has 1 aliphatic carbocycles. The number of nitrogens with one attached hydrogen (secondary N) is 2. The third-order valence-corrected chi connectivity index (χ3v) is 3.42. The third kappa shape index (κ3) is 3.47. The molecule has 3 atom stereocenters. The number of carbonyl (C=O) groups is 2. The van der Waals surface area contributed by atoms with Crippen LogP contribution in [0.4, 0.5) is 4.79 Å². The van der Waals surface area contributed by atoms with Crippen LogP contribution in [0.15, 0.2) is 30.3 Å². The molecule has 5 heteroatoms. The molecule has 19 heavy (non-hydrogen) atoms. The Morgan fingerprint density at radius 1 is 1.37 bits per heavy atom. The molecule has 0 aliphatic heterocycles. The first-order valence-corrected chi connectivity index (χ1v) is 6.46. The number of rotatable bonds is 5. The van der Waals surface area contributed by atoms with Gasteiger partial charge in [0.05, 0.1) is 0 Å². The van der Waals surface area contributed by atoms with Crippen LogP contribution in [0.1, 0.15) is 31.4 Å². The van der Waals surface area contributed by atoms with Crippen molar-refractivity contribution in [2.45, 2.75) is 31.8 Å². The molecule has 0 radical (unpaired) electrons. The van der Waals surface area contributed by atoms with E-state index in [9.17, 15) is 14.7 Å². The quantitative estimate of drug-likeness (QED) is 0.758. The Kier molecular flexibility index (Phi) is 4.04. The maximum atomic E-state index is 11.8. The van der Waals surface area contributed by atoms with Gasteiger partial charge in [0.2, 0.25) is 0 Å². The first-order valence-electron chi connectivity index (χ1n) is 6.46. The van der Waals surface area contributed by atoms with Crippen LogP contribution >= 0.6 is 0 Å². The summed E-state index contributed by atoms with van der Waals surface area (Å²) in [5.41, 5.74) is 0.563. The molecule has 0 heterocycles. The van der Waals surface area contributed by atoms with Gasteiger partial charge in [0.25, 0.3) is 0 Å². The van der Waals surface area contributed by atoms with Gasteiger partial charge >= 0.3 is 12.0 Å². The van der Waals surface area contributed by atoms with Crippen LogP contribution in [-0.2, 0) is 4.79 Å². The number of hydrogen-bond donors (Lipinski definition) is 3. The minimum atomic E-state index is -1.07. The number of amides is 2. The van der Waals surface area contributed by atoms with E-state index in [1.165, 1.54) is 0 Å². The summed E-state index contributed by atoms with van der Waals surface area (Å²) >= 11 is 0. The molecule has 3 unspecified atom stereocenters. The predicted octanol–water partition coefficient (Wildman–Crippen LogP) is 1.91. The Balaban J connectivity index is 1.94. The van der Waals surface area contributed by atoms with Gasteiger partial charge in [0.15, 0.2) is 6.04 Å². The smallest absolute Gasteiger partial charge is 0.330 e. The fourth-order valence-electron chi connectivity index (χ4n) is 2.15. The highest BCUT2D eigenvalue weighted by Crippen LogP contribution is 2.32. The molecule has 2 amide bonds. The molecule has 0 aromatic heterocycles. The van der Waals surface area contributed by atoms with Gasteiger partial charge in [-0.3, -0.25) is 0 Å². The second kappa shape index (κ2) is 5.73. The van der Waals surface area contributed by atoms with E-state index in [-0.39, 0.29) is 6.04 Å². The van der Waals surface area contributed by atoms with Gasteiger partial charge < -0.3 is 15.7 Å². The van der Waals surface area contributed by atoms with E-state index in [4.69, 9.17) is 0 Å². The average molecular weight is 262 g/mol. The highest BCUT2D eigenvalue weighted by molar-refractivity contribution is 5.83. The average Bonchev–Trinajstić information content (AvgIpc) is 3.15. The lowest BCUT2D eigenvalue weighted by Crippen LogP contribution is -2.42. The highest BCUT2D eigenvalue weighted by Gasteiger charge is 2.37. The fourth-order valence-corrected chi connectivity index (χ4v) is 2.15. The Morgan fingerprint density at radius 3 is 2.58 bits per heavy atom. The van der Waals surface area contributed by atoms with E-state index in [2.05, 4.69) is 17.6 Å². The molecule has 1 aliphatic rings. The summed E-state index contributed by atoms with van der Waals surface area (Å²) in [4.78, 5) is 23.0. The zero-order chi connectivity index (χ0) is 13.8. The third-order valence-electron chi connectivity index (χ3n) is 3.42. The van der Waals surface area contributed by atoms with Gasteiger partial charge in [0, 0.05) is 6.04 Å². The van der Waals surface area contributed by atoms with Crippen LogP contribution in [0.3, 0.4) is 0 Å². The minimum absolute atomic E-state index is 0.190. The molecule has 0 bridgehead atoms. The first kappa shape index (κ1) is 13.4. The molecule has 0 saturated heterocycles. The minimum Gasteiger partial charge on any atom is -0.479 e. The predicted molar refractivity (Wildman–Crippen MR) is 70.7 cm³/mol. The molecule has 1 saturated carbocycles. The second-order valence-electron chi connectivity index (χ2n) is 4.81. The van der Waals surface area contributed by atoms with Crippen molar-refractivity contribution >= 4 is 12.0 Å². The topological polar surface area (TPSA) is 78.4 Å². The van der Waals surface area contributed by atoms with E-state index >= 15 is 0 Å². The maximum Gasteiger partial charge on any atom is 0.330 e. The van der Waals surface area contributed by atoms with Crippen molar-refractivity contribution in [3.05, 3.63) is 35.9 Å². The van der Waals surface area contributed by atoms with Crippen molar-refractivity contribution in [3.63, 3.8) is 0 Å². The summed E-state index contributed by atoms with van der Waals surface area (Å²) in [6.45, 7) is 2.08. The number of carboxylic acid groups (broad SMARTS) is 1. The SMILES string of the molecule is CCC1CC1NC(=O)NC(C(=O)O)c1ccccc1. The van der Waals surface area contributed by atoms with Crippen LogP contribution in [0.25, 0.3) is 0 Å². The number of benzene rings is 1. The van der Waals surface area contributed by atoms with E-state index in [0.29, 0.717) is 11.5 Å². The largest absolute Gasteiger partial charge is 0.479 e. The normalized spacial score (nSPS) is 22.4.